The van der Waals surface area contributed by atoms with Crippen LogP contribution in [0.15, 0.2) is 59.0 Å². The van der Waals surface area contributed by atoms with Gasteiger partial charge in [-0.05, 0) is 54.0 Å². The van der Waals surface area contributed by atoms with Crippen LogP contribution in [0.5, 0.6) is 0 Å². The van der Waals surface area contributed by atoms with Gasteiger partial charge in [0.1, 0.15) is 22.9 Å². The Bertz CT molecular complexity index is 1270. The summed E-state index contributed by atoms with van der Waals surface area (Å²) in [6.45, 7) is 9.94. The molecular formula is C29H33NO6. The van der Waals surface area contributed by atoms with Gasteiger partial charge in [-0.15, -0.1) is 0 Å². The largest absolute Gasteiger partial charge is 0.481 e. The van der Waals surface area contributed by atoms with E-state index in [1.54, 1.807) is 30.3 Å². The number of para-hydroxylation sites is 1. The van der Waals surface area contributed by atoms with Crippen molar-refractivity contribution in [1.29, 1.82) is 0 Å². The third-order valence-corrected chi connectivity index (χ3v) is 7.09. The summed E-state index contributed by atoms with van der Waals surface area (Å²) < 4.78 is 6.04. The van der Waals surface area contributed by atoms with E-state index in [4.69, 9.17) is 4.42 Å². The third-order valence-electron chi connectivity index (χ3n) is 7.09. The lowest BCUT2D eigenvalue weighted by Crippen LogP contribution is -2.54. The Hall–Kier alpha value is -3.61. The van der Waals surface area contributed by atoms with Crippen molar-refractivity contribution in [2.24, 2.45) is 11.8 Å². The number of carboxylic acids is 2. The van der Waals surface area contributed by atoms with E-state index in [2.05, 4.69) is 20.8 Å². The number of carboxylic acid groups (broad SMARTS) is 2. The van der Waals surface area contributed by atoms with Gasteiger partial charge in [-0.1, -0.05) is 65.0 Å². The summed E-state index contributed by atoms with van der Waals surface area (Å²) in [6.07, 6.45) is -0.0853. The average Bonchev–Trinajstić information content (AvgIpc) is 3.37. The Kier molecular flexibility index (Phi) is 6.45. The maximum atomic E-state index is 14.1. The molecule has 2 heterocycles. The molecule has 2 N–H and O–H groups in total. The molecule has 0 bridgehead atoms. The molecule has 1 fully saturated rings. The van der Waals surface area contributed by atoms with Gasteiger partial charge in [0.2, 0.25) is 0 Å². The van der Waals surface area contributed by atoms with E-state index < -0.39 is 35.3 Å². The quantitative estimate of drug-likeness (QED) is 0.445. The maximum Gasteiger partial charge on any atom is 0.329 e. The summed E-state index contributed by atoms with van der Waals surface area (Å²) in [6, 6.07) is 15.0. The van der Waals surface area contributed by atoms with Crippen molar-refractivity contribution in [3.05, 3.63) is 71.5 Å². The molecule has 0 spiro atoms. The number of likely N-dealkylation sites (tertiary alicyclic amines) is 1. The molecule has 3 aromatic rings. The zero-order valence-corrected chi connectivity index (χ0v) is 21.3. The average molecular weight is 492 g/mol. The second kappa shape index (κ2) is 9.12. The maximum absolute atomic E-state index is 14.1. The number of carbonyl (C=O) groups excluding carboxylic acids is 1. The predicted octanol–water partition coefficient (Wildman–Crippen LogP) is 5.89. The number of carbonyl (C=O) groups is 3. The first kappa shape index (κ1) is 25.5. The Morgan fingerprint density at radius 3 is 2.22 bits per heavy atom. The zero-order valence-electron chi connectivity index (χ0n) is 21.3. The van der Waals surface area contributed by atoms with E-state index in [-0.39, 0.29) is 29.9 Å². The van der Waals surface area contributed by atoms with Crippen LogP contribution in [0, 0.1) is 11.8 Å². The monoisotopic (exact) mass is 491 g/mol. The van der Waals surface area contributed by atoms with Gasteiger partial charge in [0, 0.05) is 10.9 Å². The van der Waals surface area contributed by atoms with E-state index in [1.165, 1.54) is 4.90 Å². The number of amides is 1. The molecule has 2 aromatic carbocycles. The van der Waals surface area contributed by atoms with E-state index in [0.717, 1.165) is 10.9 Å². The van der Waals surface area contributed by atoms with Crippen molar-refractivity contribution in [3.63, 3.8) is 0 Å². The predicted molar refractivity (Wildman–Crippen MR) is 136 cm³/mol. The number of furan rings is 1. The Balaban J connectivity index is 1.91. The molecule has 7 heteroatoms. The highest BCUT2D eigenvalue weighted by Crippen LogP contribution is 2.51. The minimum Gasteiger partial charge on any atom is -0.481 e. The van der Waals surface area contributed by atoms with Crippen LogP contribution >= 0.6 is 0 Å². The standard InChI is InChI=1S/C29H33NO6/c1-17(2)15-29(27(34)35)16-21(26(32)33)24(23-14-19-8-6-7-9-22(19)36-23)30(29)25(31)18-10-12-20(13-11-18)28(3,4)5/h6-14,17,21,24H,15-16H2,1-5H3,(H,32,33)(H,34,35). The molecule has 1 saturated heterocycles. The first-order valence-corrected chi connectivity index (χ1v) is 12.2. The SMILES string of the molecule is CC(C)CC1(C(=O)O)CC(C(=O)O)C(c2cc3ccccc3o2)N1C(=O)c1ccc(C(C)(C)C)cc1. The van der Waals surface area contributed by atoms with Crippen LogP contribution in [0.4, 0.5) is 0 Å². The Morgan fingerprint density at radius 1 is 1.06 bits per heavy atom. The molecule has 36 heavy (non-hydrogen) atoms. The van der Waals surface area contributed by atoms with Crippen LogP contribution in [-0.2, 0) is 15.0 Å². The molecule has 1 aliphatic heterocycles. The number of rotatable bonds is 6. The Morgan fingerprint density at radius 2 is 1.69 bits per heavy atom. The van der Waals surface area contributed by atoms with Crippen molar-refractivity contribution < 1.29 is 29.0 Å². The van der Waals surface area contributed by atoms with E-state index in [9.17, 15) is 24.6 Å². The summed E-state index contributed by atoms with van der Waals surface area (Å²) in [7, 11) is 0. The molecule has 3 atom stereocenters. The normalized spacial score (nSPS) is 22.3. The van der Waals surface area contributed by atoms with E-state index in [1.807, 2.05) is 38.1 Å². The minimum atomic E-state index is -1.69. The fraction of sp³-hybridized carbons (Fsp3) is 0.414. The lowest BCUT2D eigenvalue weighted by molar-refractivity contribution is -0.150. The highest BCUT2D eigenvalue weighted by atomic mass is 16.4. The molecule has 7 nitrogen and oxygen atoms in total. The van der Waals surface area contributed by atoms with Crippen molar-refractivity contribution in [2.75, 3.05) is 0 Å². The van der Waals surface area contributed by atoms with Crippen molar-refractivity contribution in [2.45, 2.75) is 64.5 Å². The highest BCUT2D eigenvalue weighted by Gasteiger charge is 2.61. The van der Waals surface area contributed by atoms with E-state index >= 15 is 0 Å². The second-order valence-corrected chi connectivity index (χ2v) is 11.2. The number of hydrogen-bond acceptors (Lipinski definition) is 4. The number of aliphatic carboxylic acids is 2. The first-order valence-electron chi connectivity index (χ1n) is 12.2. The molecule has 0 saturated carbocycles. The van der Waals surface area contributed by atoms with Gasteiger partial charge in [0.15, 0.2) is 0 Å². The lowest BCUT2D eigenvalue weighted by atomic mass is 9.83. The van der Waals surface area contributed by atoms with Gasteiger partial charge in [-0.3, -0.25) is 9.59 Å². The van der Waals surface area contributed by atoms with Crippen LogP contribution in [0.1, 0.15) is 75.2 Å². The van der Waals surface area contributed by atoms with Gasteiger partial charge in [0.05, 0.1) is 5.92 Å². The third kappa shape index (κ3) is 4.38. The summed E-state index contributed by atoms with van der Waals surface area (Å²) in [5, 5.41) is 21.5. The first-order chi connectivity index (χ1) is 16.8. The second-order valence-electron chi connectivity index (χ2n) is 11.2. The number of fused-ring (bicyclic) bond motifs is 1. The van der Waals surface area contributed by atoms with Crippen LogP contribution in [0.3, 0.4) is 0 Å². The lowest BCUT2D eigenvalue weighted by Gasteiger charge is -2.38. The molecular weight excluding hydrogens is 458 g/mol. The van der Waals surface area contributed by atoms with Gasteiger partial charge in [-0.25, -0.2) is 4.79 Å². The number of hydrogen-bond donors (Lipinski definition) is 2. The van der Waals surface area contributed by atoms with Gasteiger partial charge >= 0.3 is 11.9 Å². The van der Waals surface area contributed by atoms with Crippen LogP contribution < -0.4 is 0 Å². The molecule has 1 amide bonds. The minimum absolute atomic E-state index is 0.0939. The van der Waals surface area contributed by atoms with E-state index in [0.29, 0.717) is 11.1 Å². The molecule has 3 unspecified atom stereocenters. The van der Waals surface area contributed by atoms with Gasteiger partial charge < -0.3 is 19.5 Å². The molecule has 0 aliphatic carbocycles. The number of nitrogens with zero attached hydrogens (tertiary/aromatic N) is 1. The van der Waals surface area contributed by atoms with Crippen molar-refractivity contribution >= 4 is 28.8 Å². The molecule has 190 valence electrons. The summed E-state index contributed by atoms with van der Waals surface area (Å²) in [4.78, 5) is 40.8. The summed E-state index contributed by atoms with van der Waals surface area (Å²) in [5.74, 6) is -3.85. The summed E-state index contributed by atoms with van der Waals surface area (Å²) >= 11 is 0. The summed E-state index contributed by atoms with van der Waals surface area (Å²) in [5.41, 5.74) is 0.0768. The van der Waals surface area contributed by atoms with Crippen LogP contribution in [0.2, 0.25) is 0 Å². The molecule has 1 aliphatic rings. The van der Waals surface area contributed by atoms with Crippen molar-refractivity contribution in [3.8, 4) is 0 Å². The molecule has 4 rings (SSSR count). The molecule has 1 aromatic heterocycles. The molecule has 0 radical (unpaired) electrons. The highest BCUT2D eigenvalue weighted by molar-refractivity contribution is 5.99. The Labute approximate surface area is 210 Å². The fourth-order valence-corrected chi connectivity index (χ4v) is 5.42. The topological polar surface area (TPSA) is 108 Å². The van der Waals surface area contributed by atoms with Crippen LogP contribution in [-0.4, -0.2) is 38.5 Å². The zero-order chi connectivity index (χ0) is 26.4. The van der Waals surface area contributed by atoms with Gasteiger partial charge in [-0.2, -0.15) is 0 Å². The van der Waals surface area contributed by atoms with Crippen molar-refractivity contribution in [1.82, 2.24) is 4.90 Å². The number of benzene rings is 2. The van der Waals surface area contributed by atoms with Gasteiger partial charge in [0.25, 0.3) is 5.91 Å². The van der Waals surface area contributed by atoms with Crippen LogP contribution in [0.25, 0.3) is 11.0 Å². The smallest absolute Gasteiger partial charge is 0.329 e. The fourth-order valence-electron chi connectivity index (χ4n) is 5.42.